The number of halogens is 1. The van der Waals surface area contributed by atoms with Crippen molar-refractivity contribution >= 4 is 45.0 Å². The fourth-order valence-electron chi connectivity index (χ4n) is 2.35. The van der Waals surface area contributed by atoms with Crippen LogP contribution in [0.2, 0.25) is 0 Å². The quantitative estimate of drug-likeness (QED) is 0.403. The summed E-state index contributed by atoms with van der Waals surface area (Å²) in [7, 11) is 0. The summed E-state index contributed by atoms with van der Waals surface area (Å²) in [5.74, 6) is 0.639. The Kier molecular flexibility index (Phi) is 5.88. The van der Waals surface area contributed by atoms with E-state index in [1.165, 1.54) is 18.0 Å². The van der Waals surface area contributed by atoms with E-state index in [9.17, 15) is 4.79 Å². The summed E-state index contributed by atoms with van der Waals surface area (Å²) < 4.78 is 6.20. The van der Waals surface area contributed by atoms with Gasteiger partial charge in [0.2, 0.25) is 5.91 Å². The Morgan fingerprint density at radius 1 is 1.32 bits per heavy atom. The van der Waals surface area contributed by atoms with Crippen molar-refractivity contribution in [3.8, 4) is 0 Å². The molecule has 0 spiro atoms. The Morgan fingerprint density at radius 3 is 2.80 bits per heavy atom. The summed E-state index contributed by atoms with van der Waals surface area (Å²) in [4.78, 5) is 14.3. The molecule has 1 aromatic carbocycles. The lowest BCUT2D eigenvalue weighted by molar-refractivity contribution is -0.125. The Bertz CT molecular complexity index is 800. The number of carbonyl (C=O) groups is 1. The molecular formula is C18H16BrN3O2S. The maximum Gasteiger partial charge on any atom is 0.242 e. The van der Waals surface area contributed by atoms with E-state index in [2.05, 4.69) is 32.7 Å². The third-order valence-electron chi connectivity index (χ3n) is 3.54. The molecule has 1 fully saturated rings. The summed E-state index contributed by atoms with van der Waals surface area (Å²) in [5.41, 5.74) is 1.10. The van der Waals surface area contributed by atoms with Crippen LogP contribution < -0.4 is 0 Å². The number of amides is 1. The summed E-state index contributed by atoms with van der Waals surface area (Å²) in [6.07, 6.45) is 5.42. The SMILES string of the molecule is C=CCN1C(=O)C(Cc2ccc(Br)cc2)S/C1=N/N=C/c1ccco1. The minimum Gasteiger partial charge on any atom is -0.463 e. The van der Waals surface area contributed by atoms with Gasteiger partial charge in [0.05, 0.1) is 17.7 Å². The molecule has 0 aliphatic carbocycles. The number of rotatable bonds is 6. The molecule has 5 nitrogen and oxygen atoms in total. The standard InChI is InChI=1S/C18H16BrN3O2S/c1-2-9-22-17(23)16(11-13-5-7-14(19)8-6-13)25-18(22)21-20-12-15-4-3-10-24-15/h2-8,10,12,16H,1,9,11H2/b20-12+,21-18+. The number of hydrogen-bond donors (Lipinski definition) is 0. The largest absolute Gasteiger partial charge is 0.463 e. The molecule has 1 aliphatic rings. The van der Waals surface area contributed by atoms with Crippen LogP contribution >= 0.6 is 27.7 Å². The monoisotopic (exact) mass is 417 g/mol. The van der Waals surface area contributed by atoms with E-state index in [-0.39, 0.29) is 11.2 Å². The number of furan rings is 1. The second-order valence-electron chi connectivity index (χ2n) is 5.32. The highest BCUT2D eigenvalue weighted by Crippen LogP contribution is 2.30. The minimum absolute atomic E-state index is 0.0276. The minimum atomic E-state index is -0.210. The van der Waals surface area contributed by atoms with E-state index < -0.39 is 0 Å². The third kappa shape index (κ3) is 4.49. The maximum atomic E-state index is 12.7. The van der Waals surface area contributed by atoms with E-state index in [1.807, 2.05) is 24.3 Å². The second kappa shape index (κ2) is 8.31. The summed E-state index contributed by atoms with van der Waals surface area (Å²) >= 11 is 4.85. The average Bonchev–Trinajstić information content (AvgIpc) is 3.21. The zero-order valence-electron chi connectivity index (χ0n) is 13.3. The fraction of sp³-hybridized carbons (Fsp3) is 0.167. The van der Waals surface area contributed by atoms with Crippen molar-refractivity contribution in [1.82, 2.24) is 4.90 Å². The first-order chi connectivity index (χ1) is 12.2. The van der Waals surface area contributed by atoms with Crippen LogP contribution in [0, 0.1) is 0 Å². The van der Waals surface area contributed by atoms with Gasteiger partial charge in [-0.05, 0) is 36.2 Å². The Balaban J connectivity index is 1.74. The van der Waals surface area contributed by atoms with Crippen LogP contribution in [0.15, 0.2) is 74.4 Å². The van der Waals surface area contributed by atoms with Crippen LogP contribution in [0.5, 0.6) is 0 Å². The van der Waals surface area contributed by atoms with Crippen LogP contribution in [-0.2, 0) is 11.2 Å². The van der Waals surface area contributed by atoms with Crippen LogP contribution in [0.25, 0.3) is 0 Å². The van der Waals surface area contributed by atoms with Gasteiger partial charge >= 0.3 is 0 Å². The molecule has 1 amide bonds. The van der Waals surface area contributed by atoms with Crippen molar-refractivity contribution in [2.75, 3.05) is 6.54 Å². The highest BCUT2D eigenvalue weighted by molar-refractivity contribution is 9.10. The number of hydrogen-bond acceptors (Lipinski definition) is 5. The molecule has 1 unspecified atom stereocenters. The molecule has 0 radical (unpaired) electrons. The molecule has 1 aromatic heterocycles. The third-order valence-corrected chi connectivity index (χ3v) is 5.23. The van der Waals surface area contributed by atoms with Gasteiger partial charge in [0.1, 0.15) is 5.76 Å². The van der Waals surface area contributed by atoms with E-state index in [4.69, 9.17) is 4.42 Å². The van der Waals surface area contributed by atoms with Gasteiger partial charge in [-0.25, -0.2) is 0 Å². The number of carbonyl (C=O) groups excluding carboxylic acids is 1. The number of benzene rings is 1. The first kappa shape index (κ1) is 17.7. The zero-order chi connectivity index (χ0) is 17.6. The number of nitrogens with zero attached hydrogens (tertiary/aromatic N) is 3. The summed E-state index contributed by atoms with van der Waals surface area (Å²) in [6.45, 7) is 4.13. The molecule has 7 heteroatoms. The molecule has 128 valence electrons. The van der Waals surface area contributed by atoms with Crippen LogP contribution in [0.3, 0.4) is 0 Å². The van der Waals surface area contributed by atoms with Gasteiger partial charge in [-0.2, -0.15) is 5.10 Å². The Hall–Kier alpha value is -2.12. The normalized spacial score (nSPS) is 19.2. The fourth-order valence-corrected chi connectivity index (χ4v) is 3.76. The van der Waals surface area contributed by atoms with Gasteiger partial charge in [-0.15, -0.1) is 11.7 Å². The molecule has 25 heavy (non-hydrogen) atoms. The van der Waals surface area contributed by atoms with Gasteiger partial charge in [0.25, 0.3) is 0 Å². The smallest absolute Gasteiger partial charge is 0.242 e. The van der Waals surface area contributed by atoms with Crippen molar-refractivity contribution in [3.05, 3.63) is 71.1 Å². The number of thioether (sulfide) groups is 1. The van der Waals surface area contributed by atoms with Gasteiger partial charge in [0, 0.05) is 11.0 Å². The van der Waals surface area contributed by atoms with E-state index in [0.29, 0.717) is 23.9 Å². The van der Waals surface area contributed by atoms with E-state index >= 15 is 0 Å². The zero-order valence-corrected chi connectivity index (χ0v) is 15.7. The predicted octanol–water partition coefficient (Wildman–Crippen LogP) is 4.10. The Morgan fingerprint density at radius 2 is 2.12 bits per heavy atom. The molecule has 0 saturated carbocycles. The van der Waals surface area contributed by atoms with Crippen LogP contribution in [0.1, 0.15) is 11.3 Å². The Labute approximate surface area is 158 Å². The van der Waals surface area contributed by atoms with Gasteiger partial charge in [-0.3, -0.25) is 9.69 Å². The van der Waals surface area contributed by atoms with Crippen LogP contribution in [-0.4, -0.2) is 34.0 Å². The first-order valence-corrected chi connectivity index (χ1v) is 9.32. The molecule has 3 rings (SSSR count). The average molecular weight is 418 g/mol. The lowest BCUT2D eigenvalue weighted by Gasteiger charge is -2.12. The molecule has 1 aliphatic heterocycles. The lowest BCUT2D eigenvalue weighted by Crippen LogP contribution is -2.32. The highest BCUT2D eigenvalue weighted by Gasteiger charge is 2.37. The van der Waals surface area contributed by atoms with Crippen LogP contribution in [0.4, 0.5) is 0 Å². The van der Waals surface area contributed by atoms with Crippen molar-refractivity contribution in [2.45, 2.75) is 11.7 Å². The first-order valence-electron chi connectivity index (χ1n) is 7.65. The molecule has 1 saturated heterocycles. The van der Waals surface area contributed by atoms with Gasteiger partial charge in [0.15, 0.2) is 5.17 Å². The number of amidine groups is 1. The van der Waals surface area contributed by atoms with Crippen molar-refractivity contribution in [2.24, 2.45) is 10.2 Å². The highest BCUT2D eigenvalue weighted by atomic mass is 79.9. The predicted molar refractivity (Wildman–Crippen MR) is 105 cm³/mol. The summed E-state index contributed by atoms with van der Waals surface area (Å²) in [6, 6.07) is 11.5. The molecular weight excluding hydrogens is 402 g/mol. The molecule has 1 atom stereocenters. The molecule has 0 N–H and O–H groups in total. The van der Waals surface area contributed by atoms with Crippen molar-refractivity contribution in [3.63, 3.8) is 0 Å². The lowest BCUT2D eigenvalue weighted by atomic mass is 10.1. The van der Waals surface area contributed by atoms with Crippen molar-refractivity contribution in [1.29, 1.82) is 0 Å². The summed E-state index contributed by atoms with van der Waals surface area (Å²) in [5, 5.41) is 8.59. The van der Waals surface area contributed by atoms with Crippen molar-refractivity contribution < 1.29 is 9.21 Å². The van der Waals surface area contributed by atoms with E-state index in [0.717, 1.165) is 10.0 Å². The molecule has 2 aromatic rings. The topological polar surface area (TPSA) is 58.2 Å². The second-order valence-corrected chi connectivity index (χ2v) is 7.40. The molecule has 0 bridgehead atoms. The molecule has 2 heterocycles. The maximum absolute atomic E-state index is 12.7. The van der Waals surface area contributed by atoms with Gasteiger partial charge in [-0.1, -0.05) is 45.9 Å². The van der Waals surface area contributed by atoms with E-state index in [1.54, 1.807) is 29.4 Å². The van der Waals surface area contributed by atoms with Gasteiger partial charge < -0.3 is 4.42 Å².